The molecular weight excluding hydrogens is 309 g/mol. The Bertz CT molecular complexity index is 926. The second-order valence-electron chi connectivity index (χ2n) is 5.23. The number of nitrogens with zero attached hydrogens (tertiary/aromatic N) is 5. The van der Waals surface area contributed by atoms with E-state index in [0.717, 1.165) is 11.3 Å². The topological polar surface area (TPSA) is 63.4 Å². The van der Waals surface area contributed by atoms with Crippen molar-refractivity contribution in [2.45, 2.75) is 13.5 Å². The molecule has 0 aliphatic heterocycles. The smallest absolute Gasteiger partial charge is 0.294 e. The summed E-state index contributed by atoms with van der Waals surface area (Å²) in [6.07, 6.45) is 6.96. The number of carbonyl (C=O) groups is 1. The number of terminal acetylenes is 1. The van der Waals surface area contributed by atoms with Gasteiger partial charge < -0.3 is 4.90 Å². The van der Waals surface area contributed by atoms with Crippen molar-refractivity contribution < 1.29 is 9.18 Å². The van der Waals surface area contributed by atoms with Crippen molar-refractivity contribution in [3.63, 3.8) is 0 Å². The lowest BCUT2D eigenvalue weighted by molar-refractivity contribution is 0.0754. The molecule has 1 amide bonds. The number of aryl methyl sites for hydroxylation is 1. The summed E-state index contributed by atoms with van der Waals surface area (Å²) >= 11 is 0. The summed E-state index contributed by atoms with van der Waals surface area (Å²) in [5.74, 6) is 2.08. The van der Waals surface area contributed by atoms with Gasteiger partial charge in [-0.15, -0.1) is 11.5 Å². The molecule has 0 N–H and O–H groups in total. The predicted octanol–water partition coefficient (Wildman–Crippen LogP) is 1.85. The first-order valence-corrected chi connectivity index (χ1v) is 7.24. The first-order chi connectivity index (χ1) is 11.6. The molecule has 0 saturated carbocycles. The number of hydrogen-bond acceptors (Lipinski definition) is 4. The Hall–Kier alpha value is -3.27. The Morgan fingerprint density at radius 3 is 2.75 bits per heavy atom. The molecule has 24 heavy (non-hydrogen) atoms. The fourth-order valence-electron chi connectivity index (χ4n) is 2.26. The van der Waals surface area contributed by atoms with Crippen LogP contribution in [0.1, 0.15) is 21.9 Å². The van der Waals surface area contributed by atoms with Crippen molar-refractivity contribution in [3.8, 4) is 12.3 Å². The van der Waals surface area contributed by atoms with Crippen LogP contribution in [0.5, 0.6) is 0 Å². The third-order valence-electron chi connectivity index (χ3n) is 3.48. The highest BCUT2D eigenvalue weighted by Gasteiger charge is 2.21. The Morgan fingerprint density at radius 2 is 2.08 bits per heavy atom. The number of amides is 1. The lowest BCUT2D eigenvalue weighted by Crippen LogP contribution is -2.31. The van der Waals surface area contributed by atoms with Gasteiger partial charge in [-0.3, -0.25) is 4.79 Å². The molecular formula is C17H14FN5O. The highest BCUT2D eigenvalue weighted by Crippen LogP contribution is 2.10. The van der Waals surface area contributed by atoms with Crippen LogP contribution < -0.4 is 0 Å². The number of rotatable bonds is 4. The van der Waals surface area contributed by atoms with Crippen LogP contribution in [0.15, 0.2) is 36.5 Å². The average Bonchev–Trinajstić information content (AvgIpc) is 3.01. The number of aromatic nitrogens is 4. The molecule has 2 aromatic heterocycles. The van der Waals surface area contributed by atoms with Crippen LogP contribution in [0.2, 0.25) is 0 Å². The Labute approximate surface area is 138 Å². The van der Waals surface area contributed by atoms with Crippen LogP contribution in [-0.4, -0.2) is 36.9 Å². The van der Waals surface area contributed by atoms with Gasteiger partial charge in [-0.25, -0.2) is 13.9 Å². The molecule has 7 heteroatoms. The zero-order valence-electron chi connectivity index (χ0n) is 13.0. The minimum Gasteiger partial charge on any atom is -0.320 e. The minimum absolute atomic E-state index is 0.0224. The highest BCUT2D eigenvalue weighted by molar-refractivity contribution is 5.91. The second kappa shape index (κ2) is 6.46. The number of halogens is 1. The van der Waals surface area contributed by atoms with E-state index in [1.807, 2.05) is 6.92 Å². The summed E-state index contributed by atoms with van der Waals surface area (Å²) in [7, 11) is 0. The zero-order valence-corrected chi connectivity index (χ0v) is 13.0. The van der Waals surface area contributed by atoms with Crippen LogP contribution in [0.3, 0.4) is 0 Å². The monoisotopic (exact) mass is 323 g/mol. The predicted molar refractivity (Wildman–Crippen MR) is 85.5 cm³/mol. The van der Waals surface area contributed by atoms with Gasteiger partial charge in [-0.2, -0.15) is 4.98 Å². The minimum atomic E-state index is -0.401. The summed E-state index contributed by atoms with van der Waals surface area (Å²) in [5, 5.41) is 4.19. The van der Waals surface area contributed by atoms with E-state index in [0.29, 0.717) is 5.78 Å². The van der Waals surface area contributed by atoms with Gasteiger partial charge in [0.05, 0.1) is 6.54 Å². The molecule has 0 unspecified atom stereocenters. The van der Waals surface area contributed by atoms with Crippen molar-refractivity contribution >= 4 is 11.7 Å². The zero-order chi connectivity index (χ0) is 17.1. The van der Waals surface area contributed by atoms with Gasteiger partial charge in [-0.05, 0) is 30.7 Å². The Kier molecular flexibility index (Phi) is 4.20. The molecule has 3 rings (SSSR count). The van der Waals surface area contributed by atoms with E-state index in [9.17, 15) is 9.18 Å². The maximum atomic E-state index is 13.0. The number of carbonyl (C=O) groups excluding carboxylic acids is 1. The molecule has 6 nitrogen and oxygen atoms in total. The lowest BCUT2D eigenvalue weighted by Gasteiger charge is -2.18. The SMILES string of the molecule is C#CCN(Cc1ccc(F)cc1)C(=O)c1nc2nccc(C)n2n1. The van der Waals surface area contributed by atoms with E-state index >= 15 is 0 Å². The van der Waals surface area contributed by atoms with E-state index in [2.05, 4.69) is 21.0 Å². The molecule has 2 heterocycles. The molecule has 0 atom stereocenters. The van der Waals surface area contributed by atoms with E-state index in [4.69, 9.17) is 6.42 Å². The Morgan fingerprint density at radius 1 is 1.33 bits per heavy atom. The van der Waals surface area contributed by atoms with Crippen molar-refractivity contribution in [2.24, 2.45) is 0 Å². The maximum absolute atomic E-state index is 13.0. The molecule has 1 aromatic carbocycles. The second-order valence-corrected chi connectivity index (χ2v) is 5.23. The van der Waals surface area contributed by atoms with E-state index < -0.39 is 5.91 Å². The summed E-state index contributed by atoms with van der Waals surface area (Å²) in [4.78, 5) is 22.3. The maximum Gasteiger partial charge on any atom is 0.294 e. The first-order valence-electron chi connectivity index (χ1n) is 7.24. The van der Waals surface area contributed by atoms with Crippen LogP contribution in [0.25, 0.3) is 5.78 Å². The van der Waals surface area contributed by atoms with Gasteiger partial charge in [0.25, 0.3) is 11.7 Å². The van der Waals surface area contributed by atoms with Crippen LogP contribution in [0.4, 0.5) is 4.39 Å². The van der Waals surface area contributed by atoms with Gasteiger partial charge >= 0.3 is 0 Å². The largest absolute Gasteiger partial charge is 0.320 e. The lowest BCUT2D eigenvalue weighted by atomic mass is 10.2. The third-order valence-corrected chi connectivity index (χ3v) is 3.48. The van der Waals surface area contributed by atoms with Gasteiger partial charge in [-0.1, -0.05) is 18.1 Å². The molecule has 120 valence electrons. The quantitative estimate of drug-likeness (QED) is 0.687. The van der Waals surface area contributed by atoms with Crippen LogP contribution in [0, 0.1) is 25.1 Å². The van der Waals surface area contributed by atoms with E-state index in [-0.39, 0.29) is 24.7 Å². The summed E-state index contributed by atoms with van der Waals surface area (Å²) < 4.78 is 14.5. The average molecular weight is 323 g/mol. The fourth-order valence-corrected chi connectivity index (χ4v) is 2.26. The number of hydrogen-bond donors (Lipinski definition) is 0. The summed E-state index contributed by atoms with van der Waals surface area (Å²) in [6, 6.07) is 7.66. The van der Waals surface area contributed by atoms with Crippen LogP contribution in [-0.2, 0) is 6.54 Å². The van der Waals surface area contributed by atoms with Crippen molar-refractivity contribution in [1.29, 1.82) is 0 Å². The standard InChI is InChI=1S/C17H14FN5O/c1-3-10-22(11-13-4-6-14(18)7-5-13)16(24)15-20-17-19-9-8-12(2)23(17)21-15/h1,4-9H,10-11H2,2H3. The van der Waals surface area contributed by atoms with Gasteiger partial charge in [0.15, 0.2) is 0 Å². The van der Waals surface area contributed by atoms with Crippen molar-refractivity contribution in [3.05, 3.63) is 59.4 Å². The number of fused-ring (bicyclic) bond motifs is 1. The first kappa shape index (κ1) is 15.6. The molecule has 0 spiro atoms. The third kappa shape index (κ3) is 3.08. The highest BCUT2D eigenvalue weighted by atomic mass is 19.1. The molecule has 0 radical (unpaired) electrons. The molecule has 0 bridgehead atoms. The molecule has 0 aliphatic carbocycles. The number of benzene rings is 1. The van der Waals surface area contributed by atoms with Crippen molar-refractivity contribution in [1.82, 2.24) is 24.5 Å². The summed E-state index contributed by atoms with van der Waals surface area (Å²) in [5.41, 5.74) is 1.58. The van der Waals surface area contributed by atoms with Gasteiger partial charge in [0.2, 0.25) is 5.82 Å². The van der Waals surface area contributed by atoms with E-state index in [1.165, 1.54) is 21.5 Å². The summed E-state index contributed by atoms with van der Waals surface area (Å²) in [6.45, 7) is 2.18. The van der Waals surface area contributed by atoms with E-state index in [1.54, 1.807) is 24.4 Å². The molecule has 0 saturated heterocycles. The molecule has 3 aromatic rings. The van der Waals surface area contributed by atoms with Gasteiger partial charge in [0, 0.05) is 18.4 Å². The van der Waals surface area contributed by atoms with Crippen molar-refractivity contribution in [2.75, 3.05) is 6.54 Å². The van der Waals surface area contributed by atoms with Crippen LogP contribution >= 0.6 is 0 Å². The fraction of sp³-hybridized carbons (Fsp3) is 0.176. The Balaban J connectivity index is 1.89. The normalized spacial score (nSPS) is 10.5. The molecule has 0 aliphatic rings. The molecule has 0 fully saturated rings. The van der Waals surface area contributed by atoms with Gasteiger partial charge in [0.1, 0.15) is 5.82 Å².